The summed E-state index contributed by atoms with van der Waals surface area (Å²) in [4.78, 5) is 0. The Morgan fingerprint density at radius 1 is 0.690 bits per heavy atom. The van der Waals surface area contributed by atoms with E-state index in [1.165, 1.54) is 11.1 Å². The molecular weight excluding hydrogens is 401 g/mol. The predicted molar refractivity (Wildman–Crippen MR) is 126 cm³/mol. The van der Waals surface area contributed by atoms with Crippen LogP contribution < -0.4 is 0 Å². The van der Waals surface area contributed by atoms with Crippen molar-refractivity contribution < 1.29 is 13.9 Å². The molecule has 0 N–H and O–H groups in total. The molecule has 29 heavy (non-hydrogen) atoms. The lowest BCUT2D eigenvalue weighted by molar-refractivity contribution is 0.184. The molecule has 3 aromatic rings. The largest absolute Gasteiger partial charge is 0.380 e. The van der Waals surface area contributed by atoms with Crippen LogP contribution in [0.4, 0.5) is 4.39 Å². The second-order valence-electron chi connectivity index (χ2n) is 6.95. The van der Waals surface area contributed by atoms with Gasteiger partial charge in [0.1, 0.15) is 5.82 Å². The van der Waals surface area contributed by atoms with Gasteiger partial charge in [-0.3, -0.25) is 0 Å². The monoisotopic (exact) mass is 428 g/mol. The molecule has 0 aromatic heterocycles. The molecule has 0 aliphatic carbocycles. The van der Waals surface area contributed by atoms with Gasteiger partial charge in [-0.2, -0.15) is 0 Å². The number of methoxy groups -OCH3 is 2. The Bertz CT molecular complexity index is 971. The Morgan fingerprint density at radius 3 is 1.93 bits per heavy atom. The van der Waals surface area contributed by atoms with E-state index in [-0.39, 0.29) is 5.82 Å². The molecule has 0 heterocycles. The number of benzene rings is 3. The molecule has 0 saturated heterocycles. The van der Waals surface area contributed by atoms with Gasteiger partial charge in [-0.1, -0.05) is 36.4 Å². The van der Waals surface area contributed by atoms with Crippen LogP contribution in [0.5, 0.6) is 0 Å². The van der Waals surface area contributed by atoms with E-state index in [9.17, 15) is 0 Å². The van der Waals surface area contributed by atoms with Crippen molar-refractivity contribution in [3.8, 4) is 22.3 Å². The molecule has 152 valence electrons. The summed E-state index contributed by atoms with van der Waals surface area (Å²) < 4.78 is 26.0. The fourth-order valence-electron chi connectivity index (χ4n) is 3.52. The molecule has 2 nitrogen and oxygen atoms in total. The highest BCUT2D eigenvalue weighted by Crippen LogP contribution is 2.34. The smallest absolute Gasteiger partial charge is 0.132 e. The number of hydrogen-bond acceptors (Lipinski definition) is 2. The molecule has 3 aromatic carbocycles. The number of rotatable bonds is 8. The van der Waals surface area contributed by atoms with Crippen LogP contribution in [0.1, 0.15) is 22.3 Å². The van der Waals surface area contributed by atoms with Crippen LogP contribution in [0.2, 0.25) is 0 Å². The molecule has 0 amide bonds. The molecule has 2 unspecified atom stereocenters. The molecular formula is C24H27FO2P2. The Morgan fingerprint density at radius 2 is 1.31 bits per heavy atom. The minimum atomic E-state index is -0.239. The van der Waals surface area contributed by atoms with Crippen LogP contribution >= 0.6 is 18.5 Å². The van der Waals surface area contributed by atoms with E-state index in [2.05, 4.69) is 30.6 Å². The summed E-state index contributed by atoms with van der Waals surface area (Å²) in [7, 11) is 8.77. The molecule has 0 aliphatic rings. The molecule has 5 heteroatoms. The third-order valence-electron chi connectivity index (χ3n) is 5.01. The van der Waals surface area contributed by atoms with Crippen molar-refractivity contribution in [1.82, 2.24) is 0 Å². The third kappa shape index (κ3) is 5.11. The third-order valence-corrected chi connectivity index (χ3v) is 5.92. The summed E-state index contributed by atoms with van der Waals surface area (Å²) in [6, 6.07) is 17.9. The van der Waals surface area contributed by atoms with Crippen molar-refractivity contribution in [3.63, 3.8) is 0 Å². The Kier molecular flexibility index (Phi) is 7.92. The van der Waals surface area contributed by atoms with Crippen molar-refractivity contribution in [2.24, 2.45) is 0 Å². The first kappa shape index (κ1) is 22.1. The lowest BCUT2D eigenvalue weighted by atomic mass is 9.93. The summed E-state index contributed by atoms with van der Waals surface area (Å²) in [5.41, 5.74) is 7.64. The minimum Gasteiger partial charge on any atom is -0.380 e. The van der Waals surface area contributed by atoms with Gasteiger partial charge in [0.05, 0.1) is 13.2 Å². The quantitative estimate of drug-likeness (QED) is 0.398. The van der Waals surface area contributed by atoms with Gasteiger partial charge in [0.15, 0.2) is 0 Å². The first-order chi connectivity index (χ1) is 14.1. The number of halogens is 1. The van der Waals surface area contributed by atoms with Gasteiger partial charge in [0.25, 0.3) is 0 Å². The summed E-state index contributed by atoms with van der Waals surface area (Å²) in [5, 5.41) is 0. The molecule has 3 rings (SSSR count). The second kappa shape index (κ2) is 10.4. The fraction of sp³-hybridized carbons (Fsp3) is 0.250. The summed E-state index contributed by atoms with van der Waals surface area (Å²) >= 11 is 0. The van der Waals surface area contributed by atoms with Gasteiger partial charge in [0, 0.05) is 19.8 Å². The van der Waals surface area contributed by atoms with E-state index < -0.39 is 0 Å². The maximum atomic E-state index is 15.3. The van der Waals surface area contributed by atoms with Crippen molar-refractivity contribution in [2.45, 2.75) is 25.5 Å². The zero-order valence-electron chi connectivity index (χ0n) is 16.9. The molecule has 2 atom stereocenters. The SMILES string of the molecule is COCc1cc(-c2cc(F)c(-c3ccc(CP)cc3)c(COC)c2)ccc1CP. The Balaban J connectivity index is 2.09. The predicted octanol–water partition coefficient (Wildman–Crippen LogP) is 6.20. The van der Waals surface area contributed by atoms with E-state index in [4.69, 9.17) is 9.47 Å². The van der Waals surface area contributed by atoms with Crippen molar-refractivity contribution >= 4 is 18.5 Å². The van der Waals surface area contributed by atoms with E-state index in [0.717, 1.165) is 40.1 Å². The zero-order chi connectivity index (χ0) is 20.8. The van der Waals surface area contributed by atoms with Crippen molar-refractivity contribution in [2.75, 3.05) is 14.2 Å². The van der Waals surface area contributed by atoms with Crippen LogP contribution in [-0.2, 0) is 35.0 Å². The first-order valence-electron chi connectivity index (χ1n) is 9.53. The van der Waals surface area contributed by atoms with E-state index in [0.29, 0.717) is 18.8 Å². The average Bonchev–Trinajstić information content (AvgIpc) is 2.74. The van der Waals surface area contributed by atoms with Crippen LogP contribution in [-0.4, -0.2) is 14.2 Å². The number of hydrogen-bond donors (Lipinski definition) is 0. The van der Waals surface area contributed by atoms with E-state index >= 15 is 4.39 Å². The maximum absolute atomic E-state index is 15.3. The lowest BCUT2D eigenvalue weighted by Crippen LogP contribution is -1.99. The van der Waals surface area contributed by atoms with Gasteiger partial charge < -0.3 is 9.47 Å². The minimum absolute atomic E-state index is 0.239. The molecule has 0 saturated carbocycles. The molecule has 0 aliphatic heterocycles. The molecule has 0 bridgehead atoms. The van der Waals surface area contributed by atoms with Crippen LogP contribution in [0.25, 0.3) is 22.3 Å². The Labute approximate surface area is 177 Å². The molecule has 0 fully saturated rings. The van der Waals surface area contributed by atoms with Gasteiger partial charge in [-0.25, -0.2) is 4.39 Å². The normalized spacial score (nSPS) is 11.1. The number of ether oxygens (including phenoxy) is 2. The van der Waals surface area contributed by atoms with Gasteiger partial charge in [-0.15, -0.1) is 18.5 Å². The van der Waals surface area contributed by atoms with Crippen LogP contribution in [0.3, 0.4) is 0 Å². The lowest BCUT2D eigenvalue weighted by Gasteiger charge is -2.15. The van der Waals surface area contributed by atoms with Crippen LogP contribution in [0, 0.1) is 5.82 Å². The highest BCUT2D eigenvalue weighted by molar-refractivity contribution is 7.15. The summed E-state index contributed by atoms with van der Waals surface area (Å²) in [5.74, 6) is -0.239. The molecule has 0 spiro atoms. The first-order valence-corrected chi connectivity index (χ1v) is 11.2. The topological polar surface area (TPSA) is 18.5 Å². The van der Waals surface area contributed by atoms with Gasteiger partial charge in [0.2, 0.25) is 0 Å². The highest BCUT2D eigenvalue weighted by atomic mass is 31.0. The second-order valence-corrected chi connectivity index (χ2v) is 7.76. The standard InChI is InChI=1S/C24H27FO2P2/c1-26-12-21-9-18(7-8-19(21)15-29)20-10-22(13-27-2)24(23(25)11-20)17-5-3-16(14-28)4-6-17/h3-11H,12-15,28-29H2,1-2H3. The van der Waals surface area contributed by atoms with Crippen LogP contribution in [0.15, 0.2) is 54.6 Å². The van der Waals surface area contributed by atoms with Crippen molar-refractivity contribution in [3.05, 3.63) is 82.7 Å². The summed E-state index contributed by atoms with van der Waals surface area (Å²) in [6.45, 7) is 0.880. The Hall–Kier alpha value is -1.63. The van der Waals surface area contributed by atoms with E-state index in [1.54, 1.807) is 20.3 Å². The average molecular weight is 428 g/mol. The maximum Gasteiger partial charge on any atom is 0.132 e. The van der Waals surface area contributed by atoms with E-state index in [1.807, 2.05) is 36.4 Å². The van der Waals surface area contributed by atoms with Gasteiger partial charge >= 0.3 is 0 Å². The van der Waals surface area contributed by atoms with Crippen molar-refractivity contribution in [1.29, 1.82) is 0 Å². The summed E-state index contributed by atoms with van der Waals surface area (Å²) in [6.07, 6.45) is 1.73. The fourth-order valence-corrected chi connectivity index (χ4v) is 4.20. The van der Waals surface area contributed by atoms with Gasteiger partial charge in [-0.05, 0) is 69.5 Å². The molecule has 0 radical (unpaired) electrons. The highest BCUT2D eigenvalue weighted by Gasteiger charge is 2.15. The zero-order valence-corrected chi connectivity index (χ0v) is 19.2.